The maximum Gasteiger partial charge on any atom is 0.410 e. The SMILES string of the molecule is Cc1nn(Cc2ccc(F)cc2)c(C)c1NC(=O)c1cnn2c1N[C@H](c1ccco1)C[C@@H]2C(F)(F)F. The number of carbonyl (C=O) groups excluding carboxylic acids is 1. The first-order valence-corrected chi connectivity index (χ1v) is 11.2. The lowest BCUT2D eigenvalue weighted by Crippen LogP contribution is -2.36. The second-order valence-electron chi connectivity index (χ2n) is 8.64. The second-order valence-corrected chi connectivity index (χ2v) is 8.64. The van der Waals surface area contributed by atoms with Crippen LogP contribution in [0.3, 0.4) is 0 Å². The third kappa shape index (κ3) is 4.34. The molecule has 0 fully saturated rings. The maximum absolute atomic E-state index is 13.9. The van der Waals surface area contributed by atoms with Crippen molar-refractivity contribution in [3.8, 4) is 0 Å². The number of fused-ring (bicyclic) bond motifs is 1. The maximum atomic E-state index is 13.9. The number of amides is 1. The highest BCUT2D eigenvalue weighted by molar-refractivity contribution is 6.08. The molecule has 0 bridgehead atoms. The highest BCUT2D eigenvalue weighted by Crippen LogP contribution is 2.44. The predicted octanol–water partition coefficient (Wildman–Crippen LogP) is 5.39. The van der Waals surface area contributed by atoms with E-state index in [-0.39, 0.29) is 23.6 Å². The van der Waals surface area contributed by atoms with Crippen molar-refractivity contribution in [3.05, 3.63) is 83.0 Å². The number of furan rings is 1. The number of halogens is 4. The molecular weight excluding hydrogens is 480 g/mol. The third-order valence-electron chi connectivity index (χ3n) is 6.24. The molecule has 1 amide bonds. The van der Waals surface area contributed by atoms with Crippen LogP contribution in [0.1, 0.15) is 51.6 Å². The molecule has 1 aromatic carbocycles. The Morgan fingerprint density at radius 1 is 1.22 bits per heavy atom. The Balaban J connectivity index is 1.42. The number of carbonyl (C=O) groups is 1. The van der Waals surface area contributed by atoms with Gasteiger partial charge in [0, 0.05) is 6.42 Å². The van der Waals surface area contributed by atoms with Crippen LogP contribution in [-0.4, -0.2) is 31.6 Å². The number of nitrogens with one attached hydrogen (secondary N) is 2. The van der Waals surface area contributed by atoms with Gasteiger partial charge < -0.3 is 15.1 Å². The summed E-state index contributed by atoms with van der Waals surface area (Å²) in [7, 11) is 0. The quantitative estimate of drug-likeness (QED) is 0.357. The monoisotopic (exact) mass is 502 g/mol. The third-order valence-corrected chi connectivity index (χ3v) is 6.24. The van der Waals surface area contributed by atoms with Gasteiger partial charge in [-0.05, 0) is 43.7 Å². The zero-order chi connectivity index (χ0) is 25.6. The number of nitrogens with zero attached hydrogens (tertiary/aromatic N) is 4. The summed E-state index contributed by atoms with van der Waals surface area (Å²) < 4.78 is 62.5. The molecule has 1 aliphatic rings. The van der Waals surface area contributed by atoms with Crippen LogP contribution in [0.25, 0.3) is 0 Å². The lowest BCUT2D eigenvalue weighted by molar-refractivity contribution is -0.174. The van der Waals surface area contributed by atoms with Crippen LogP contribution >= 0.6 is 0 Å². The Morgan fingerprint density at radius 2 is 1.97 bits per heavy atom. The lowest BCUT2D eigenvalue weighted by atomic mass is 10.0. The van der Waals surface area contributed by atoms with E-state index < -0.39 is 24.2 Å². The van der Waals surface area contributed by atoms with E-state index in [4.69, 9.17) is 4.42 Å². The summed E-state index contributed by atoms with van der Waals surface area (Å²) in [4.78, 5) is 13.2. The summed E-state index contributed by atoms with van der Waals surface area (Å²) in [6.45, 7) is 3.82. The van der Waals surface area contributed by atoms with Gasteiger partial charge in [0.1, 0.15) is 23.0 Å². The number of hydrogen-bond donors (Lipinski definition) is 2. The smallest absolute Gasteiger partial charge is 0.410 e. The minimum absolute atomic E-state index is 0.0365. The van der Waals surface area contributed by atoms with Crippen molar-refractivity contribution in [3.63, 3.8) is 0 Å². The molecule has 4 aromatic rings. The molecule has 0 spiro atoms. The second kappa shape index (κ2) is 8.85. The molecule has 3 aromatic heterocycles. The van der Waals surface area contributed by atoms with E-state index in [1.165, 1.54) is 18.4 Å². The average Bonchev–Trinajstić information content (AvgIpc) is 3.56. The standard InChI is InChI=1S/C24H22F4N6O2/c1-13-21(14(2)33(32-13)12-15-5-7-16(25)8-6-15)31-23(35)17-11-29-34-20(24(26,27)28)10-18(30-22(17)34)19-4-3-9-36-19/h3-9,11,18,20,30H,10,12H2,1-2H3,(H,31,35)/t18-,20+/m0/s1. The van der Waals surface area contributed by atoms with Crippen LogP contribution in [0.2, 0.25) is 0 Å². The van der Waals surface area contributed by atoms with Crippen LogP contribution < -0.4 is 10.6 Å². The Labute approximate surface area is 202 Å². The molecule has 12 heteroatoms. The Hall–Kier alpha value is -4.09. The predicted molar refractivity (Wildman–Crippen MR) is 122 cm³/mol. The van der Waals surface area contributed by atoms with Crippen molar-refractivity contribution >= 4 is 17.4 Å². The van der Waals surface area contributed by atoms with Gasteiger partial charge in [-0.25, -0.2) is 9.07 Å². The fourth-order valence-corrected chi connectivity index (χ4v) is 4.38. The van der Waals surface area contributed by atoms with Crippen LogP contribution in [-0.2, 0) is 6.54 Å². The minimum Gasteiger partial charge on any atom is -0.467 e. The minimum atomic E-state index is -4.57. The molecule has 2 atom stereocenters. The number of aromatic nitrogens is 4. The molecule has 0 saturated carbocycles. The summed E-state index contributed by atoms with van der Waals surface area (Å²) in [5, 5.41) is 14.1. The van der Waals surface area contributed by atoms with Gasteiger partial charge >= 0.3 is 6.18 Å². The zero-order valence-electron chi connectivity index (χ0n) is 19.3. The van der Waals surface area contributed by atoms with Crippen LogP contribution in [0, 0.1) is 19.7 Å². The summed E-state index contributed by atoms with van der Waals surface area (Å²) >= 11 is 0. The molecule has 0 aliphatic carbocycles. The molecule has 36 heavy (non-hydrogen) atoms. The largest absolute Gasteiger partial charge is 0.467 e. The number of benzene rings is 1. The number of hydrogen-bond acceptors (Lipinski definition) is 5. The van der Waals surface area contributed by atoms with Gasteiger partial charge in [0.25, 0.3) is 5.91 Å². The fourth-order valence-electron chi connectivity index (χ4n) is 4.38. The topological polar surface area (TPSA) is 89.9 Å². The Kier molecular flexibility index (Phi) is 5.81. The first-order chi connectivity index (χ1) is 17.1. The molecule has 1 aliphatic heterocycles. The van der Waals surface area contributed by atoms with Gasteiger partial charge in [0.15, 0.2) is 6.04 Å². The zero-order valence-corrected chi connectivity index (χ0v) is 19.3. The molecule has 2 N–H and O–H groups in total. The van der Waals surface area contributed by atoms with E-state index in [1.54, 1.807) is 42.8 Å². The van der Waals surface area contributed by atoms with Gasteiger partial charge in [-0.3, -0.25) is 9.48 Å². The summed E-state index contributed by atoms with van der Waals surface area (Å²) in [6, 6.07) is 6.45. The molecule has 0 radical (unpaired) electrons. The van der Waals surface area contributed by atoms with Crippen molar-refractivity contribution in [2.45, 2.75) is 45.1 Å². The summed E-state index contributed by atoms with van der Waals surface area (Å²) in [5.74, 6) is -0.689. The molecule has 4 heterocycles. The highest BCUT2D eigenvalue weighted by atomic mass is 19.4. The van der Waals surface area contributed by atoms with Gasteiger partial charge in [-0.2, -0.15) is 23.4 Å². The van der Waals surface area contributed by atoms with E-state index in [0.717, 1.165) is 16.4 Å². The number of anilines is 2. The van der Waals surface area contributed by atoms with E-state index in [2.05, 4.69) is 20.8 Å². The molecule has 5 rings (SSSR count). The van der Waals surface area contributed by atoms with Crippen molar-refractivity contribution in [1.82, 2.24) is 19.6 Å². The first-order valence-electron chi connectivity index (χ1n) is 11.2. The van der Waals surface area contributed by atoms with Crippen LogP contribution in [0.5, 0.6) is 0 Å². The molecule has 0 unspecified atom stereocenters. The Bertz CT molecular complexity index is 1390. The molecular formula is C24H22F4N6O2. The van der Waals surface area contributed by atoms with Gasteiger partial charge in [-0.1, -0.05) is 12.1 Å². The van der Waals surface area contributed by atoms with E-state index in [1.807, 2.05) is 0 Å². The molecule has 0 saturated heterocycles. The van der Waals surface area contributed by atoms with Crippen LogP contribution in [0.15, 0.2) is 53.3 Å². The number of rotatable bonds is 5. The summed E-state index contributed by atoms with van der Waals surface area (Å²) in [5.41, 5.74) is 2.38. The Morgan fingerprint density at radius 3 is 2.64 bits per heavy atom. The number of aryl methyl sites for hydroxylation is 1. The average molecular weight is 502 g/mol. The van der Waals surface area contributed by atoms with E-state index >= 15 is 0 Å². The lowest BCUT2D eigenvalue weighted by Gasteiger charge is -2.32. The van der Waals surface area contributed by atoms with Crippen molar-refractivity contribution < 1.29 is 26.8 Å². The summed E-state index contributed by atoms with van der Waals surface area (Å²) in [6.07, 6.45) is -2.40. The van der Waals surface area contributed by atoms with Crippen molar-refractivity contribution in [2.24, 2.45) is 0 Å². The highest BCUT2D eigenvalue weighted by Gasteiger charge is 2.47. The molecule has 8 nitrogen and oxygen atoms in total. The first kappa shape index (κ1) is 23.6. The normalized spacial score (nSPS) is 17.5. The van der Waals surface area contributed by atoms with E-state index in [0.29, 0.717) is 29.4 Å². The van der Waals surface area contributed by atoms with E-state index in [9.17, 15) is 22.4 Å². The van der Waals surface area contributed by atoms with Gasteiger partial charge in [-0.15, -0.1) is 0 Å². The van der Waals surface area contributed by atoms with Crippen molar-refractivity contribution in [1.29, 1.82) is 0 Å². The fraction of sp³-hybridized carbons (Fsp3) is 0.292. The number of alkyl halides is 3. The van der Waals surface area contributed by atoms with Gasteiger partial charge in [0.2, 0.25) is 0 Å². The van der Waals surface area contributed by atoms with Gasteiger partial charge in [0.05, 0.1) is 42.1 Å². The van der Waals surface area contributed by atoms with Crippen LogP contribution in [0.4, 0.5) is 29.1 Å². The molecule has 188 valence electrons. The van der Waals surface area contributed by atoms with Crippen molar-refractivity contribution in [2.75, 3.05) is 10.6 Å².